The average molecular weight is 274 g/mol. The average Bonchev–Trinajstić information content (AvgIpc) is 3.07. The number of nitrogens with zero attached hydrogens (tertiary/aromatic N) is 1. The summed E-state index contributed by atoms with van der Waals surface area (Å²) in [5.41, 5.74) is 1.41. The molecule has 0 bridgehead atoms. The largest absolute Gasteiger partial charge is 0.384 e. The number of hydrogen-bond donors (Lipinski definition) is 1. The summed E-state index contributed by atoms with van der Waals surface area (Å²) in [6.45, 7) is 4.33. The highest BCUT2D eigenvalue weighted by Gasteiger charge is 2.56. The Morgan fingerprint density at radius 2 is 2.05 bits per heavy atom. The van der Waals surface area contributed by atoms with Crippen LogP contribution in [0.5, 0.6) is 0 Å². The Morgan fingerprint density at radius 1 is 1.20 bits per heavy atom. The number of fused-ring (bicyclic) bond motifs is 2. The molecule has 0 radical (unpaired) electrons. The van der Waals surface area contributed by atoms with Crippen LogP contribution < -0.4 is 0 Å². The molecule has 3 fully saturated rings. The van der Waals surface area contributed by atoms with Crippen LogP contribution >= 0.6 is 0 Å². The first-order valence-corrected chi connectivity index (χ1v) is 7.98. The van der Waals surface area contributed by atoms with E-state index in [-0.39, 0.29) is 12.2 Å². The maximum Gasteiger partial charge on any atom is 0.132 e. The smallest absolute Gasteiger partial charge is 0.132 e. The van der Waals surface area contributed by atoms with Crippen LogP contribution in [-0.4, -0.2) is 47.5 Å². The van der Waals surface area contributed by atoms with Gasteiger partial charge >= 0.3 is 0 Å². The Morgan fingerprint density at radius 3 is 2.90 bits per heavy atom. The van der Waals surface area contributed by atoms with Crippen molar-refractivity contribution in [3.8, 4) is 0 Å². The number of piperidine rings is 1. The molecular formula is C17H24NO2+. The monoisotopic (exact) mass is 274 g/mol. The molecule has 5 atom stereocenters. The zero-order valence-corrected chi connectivity index (χ0v) is 11.9. The summed E-state index contributed by atoms with van der Waals surface area (Å²) < 4.78 is 6.91. The maximum atomic E-state index is 10.8. The van der Waals surface area contributed by atoms with Gasteiger partial charge in [-0.2, -0.15) is 0 Å². The molecule has 1 aromatic carbocycles. The Balaban J connectivity index is 1.64. The molecule has 0 aromatic heterocycles. The zero-order valence-electron chi connectivity index (χ0n) is 11.9. The van der Waals surface area contributed by atoms with E-state index in [9.17, 15) is 5.11 Å². The lowest BCUT2D eigenvalue weighted by atomic mass is 9.85. The second-order valence-electron chi connectivity index (χ2n) is 6.85. The quantitative estimate of drug-likeness (QED) is 0.835. The van der Waals surface area contributed by atoms with E-state index in [2.05, 4.69) is 30.3 Å². The number of quaternary nitrogens is 1. The van der Waals surface area contributed by atoms with E-state index in [1.165, 1.54) is 25.1 Å². The van der Waals surface area contributed by atoms with Crippen LogP contribution in [-0.2, 0) is 11.3 Å². The van der Waals surface area contributed by atoms with Gasteiger partial charge < -0.3 is 14.3 Å². The van der Waals surface area contributed by atoms with Crippen LogP contribution in [0.3, 0.4) is 0 Å². The molecule has 20 heavy (non-hydrogen) atoms. The van der Waals surface area contributed by atoms with Gasteiger partial charge in [-0.3, -0.25) is 0 Å². The topological polar surface area (TPSA) is 29.5 Å². The molecule has 3 nitrogen and oxygen atoms in total. The van der Waals surface area contributed by atoms with Crippen molar-refractivity contribution in [3.63, 3.8) is 0 Å². The van der Waals surface area contributed by atoms with Gasteiger partial charge in [-0.1, -0.05) is 30.3 Å². The van der Waals surface area contributed by atoms with Gasteiger partial charge in [-0.25, -0.2) is 0 Å². The van der Waals surface area contributed by atoms with Gasteiger partial charge in [0.2, 0.25) is 0 Å². The summed E-state index contributed by atoms with van der Waals surface area (Å²) in [5, 5.41) is 10.8. The van der Waals surface area contributed by atoms with Crippen molar-refractivity contribution in [1.29, 1.82) is 0 Å². The highest BCUT2D eigenvalue weighted by Crippen LogP contribution is 2.43. The summed E-state index contributed by atoms with van der Waals surface area (Å²) in [6.07, 6.45) is 3.38. The lowest BCUT2D eigenvalue weighted by Crippen LogP contribution is -2.65. The van der Waals surface area contributed by atoms with E-state index >= 15 is 0 Å². The summed E-state index contributed by atoms with van der Waals surface area (Å²) in [6, 6.07) is 11.2. The molecule has 0 unspecified atom stereocenters. The summed E-state index contributed by atoms with van der Waals surface area (Å²) in [5.74, 6) is 0.558. The summed E-state index contributed by atoms with van der Waals surface area (Å²) >= 11 is 0. The molecule has 4 rings (SSSR count). The van der Waals surface area contributed by atoms with Gasteiger partial charge in [0.1, 0.15) is 18.7 Å². The first-order valence-electron chi connectivity index (χ1n) is 7.98. The second kappa shape index (κ2) is 4.83. The molecule has 0 saturated carbocycles. The SMILES string of the molecule is O[C@H]1[C@H]2OCC[C@H]2C[N@@+]2(Cc3ccccc3)CCC[C@@H]12. The Kier molecular flexibility index (Phi) is 3.09. The second-order valence-corrected chi connectivity index (χ2v) is 6.85. The molecular weight excluding hydrogens is 250 g/mol. The minimum Gasteiger partial charge on any atom is -0.384 e. The number of hydrogen-bond acceptors (Lipinski definition) is 2. The summed E-state index contributed by atoms with van der Waals surface area (Å²) in [7, 11) is 0. The minimum absolute atomic E-state index is 0.111. The van der Waals surface area contributed by atoms with E-state index in [4.69, 9.17) is 4.74 Å². The van der Waals surface area contributed by atoms with Crippen molar-refractivity contribution in [2.75, 3.05) is 19.7 Å². The third-order valence-electron chi connectivity index (χ3n) is 5.74. The first kappa shape index (κ1) is 12.8. The molecule has 3 saturated heterocycles. The number of aliphatic hydroxyl groups is 1. The van der Waals surface area contributed by atoms with E-state index in [0.29, 0.717) is 12.0 Å². The van der Waals surface area contributed by atoms with Crippen LogP contribution in [0.2, 0.25) is 0 Å². The maximum absolute atomic E-state index is 10.8. The molecule has 3 aliphatic heterocycles. The van der Waals surface area contributed by atoms with Crippen molar-refractivity contribution in [2.24, 2.45) is 5.92 Å². The molecule has 108 valence electrons. The highest BCUT2D eigenvalue weighted by atomic mass is 16.5. The van der Waals surface area contributed by atoms with Crippen LogP contribution in [0, 0.1) is 5.92 Å². The van der Waals surface area contributed by atoms with Crippen LogP contribution in [0.4, 0.5) is 0 Å². The molecule has 3 aliphatic rings. The third-order valence-corrected chi connectivity index (χ3v) is 5.74. The first-order chi connectivity index (χ1) is 9.78. The van der Waals surface area contributed by atoms with Gasteiger partial charge in [-0.05, 0) is 6.42 Å². The molecule has 0 amide bonds. The normalized spacial score (nSPS) is 43.2. The zero-order chi connectivity index (χ0) is 13.6. The number of benzene rings is 1. The van der Waals surface area contributed by atoms with E-state index in [1.54, 1.807) is 0 Å². The molecule has 1 aromatic rings. The van der Waals surface area contributed by atoms with Crippen molar-refractivity contribution in [1.82, 2.24) is 0 Å². The standard InChI is InChI=1S/C17H24NO2/c19-16-15-7-4-9-18(15,11-13-5-2-1-3-6-13)12-14-8-10-20-17(14)16/h1-3,5-6,14-17,19H,4,7-12H2/q+1/t14-,15-,16+,17-,18-/m0/s1. The fourth-order valence-corrected chi connectivity index (χ4v) is 4.90. The predicted octanol–water partition coefficient (Wildman–Crippen LogP) is 1.95. The lowest BCUT2D eigenvalue weighted by Gasteiger charge is -2.49. The number of ether oxygens (including phenoxy) is 1. The minimum atomic E-state index is -0.262. The van der Waals surface area contributed by atoms with Crippen molar-refractivity contribution in [3.05, 3.63) is 35.9 Å². The van der Waals surface area contributed by atoms with Crippen LogP contribution in [0.25, 0.3) is 0 Å². The summed E-state index contributed by atoms with van der Waals surface area (Å²) in [4.78, 5) is 0. The lowest BCUT2D eigenvalue weighted by molar-refractivity contribution is -0.963. The van der Waals surface area contributed by atoms with Gasteiger partial charge in [0.05, 0.1) is 19.2 Å². The van der Waals surface area contributed by atoms with Crippen LogP contribution in [0.1, 0.15) is 24.8 Å². The van der Waals surface area contributed by atoms with Gasteiger partial charge in [-0.15, -0.1) is 0 Å². The fraction of sp³-hybridized carbons (Fsp3) is 0.647. The van der Waals surface area contributed by atoms with E-state index in [0.717, 1.165) is 30.5 Å². The van der Waals surface area contributed by atoms with E-state index in [1.807, 2.05) is 0 Å². The number of rotatable bonds is 2. The molecule has 0 spiro atoms. The Labute approximate surface area is 120 Å². The van der Waals surface area contributed by atoms with Crippen molar-refractivity contribution in [2.45, 2.75) is 44.1 Å². The van der Waals surface area contributed by atoms with Gasteiger partial charge in [0.25, 0.3) is 0 Å². The highest BCUT2D eigenvalue weighted by molar-refractivity contribution is 5.14. The third kappa shape index (κ3) is 1.92. The van der Waals surface area contributed by atoms with Gasteiger partial charge in [0, 0.05) is 30.9 Å². The van der Waals surface area contributed by atoms with Crippen molar-refractivity contribution < 1.29 is 14.3 Å². The fourth-order valence-electron chi connectivity index (χ4n) is 4.90. The van der Waals surface area contributed by atoms with E-state index < -0.39 is 0 Å². The van der Waals surface area contributed by atoms with Gasteiger partial charge in [0.15, 0.2) is 0 Å². The number of aliphatic hydroxyl groups excluding tert-OH is 1. The molecule has 3 heterocycles. The Hall–Kier alpha value is -0.900. The van der Waals surface area contributed by atoms with Crippen LogP contribution in [0.15, 0.2) is 30.3 Å². The molecule has 0 aliphatic carbocycles. The Bertz CT molecular complexity index is 477. The molecule has 1 N–H and O–H groups in total. The van der Waals surface area contributed by atoms with Crippen molar-refractivity contribution >= 4 is 0 Å². The predicted molar refractivity (Wildman–Crippen MR) is 77.0 cm³/mol. The molecule has 3 heteroatoms.